The lowest BCUT2D eigenvalue weighted by atomic mass is 9.84. The first-order valence-electron chi connectivity index (χ1n) is 7.69. The van der Waals surface area contributed by atoms with E-state index in [9.17, 15) is 4.79 Å². The molecule has 1 N–H and O–H groups in total. The molecule has 20 heavy (non-hydrogen) atoms. The molecule has 1 atom stereocenters. The van der Waals surface area contributed by atoms with Crippen LogP contribution in [-0.2, 0) is 4.79 Å². The minimum absolute atomic E-state index is 0.128. The summed E-state index contributed by atoms with van der Waals surface area (Å²) in [6, 6.07) is 0.354. The number of carbonyl (C=O) groups excluding carboxylic acids is 1. The fourth-order valence-corrected chi connectivity index (χ4v) is 4.21. The van der Waals surface area contributed by atoms with Gasteiger partial charge in [0, 0.05) is 18.2 Å². The molecule has 3 aliphatic heterocycles. The zero-order valence-electron chi connectivity index (χ0n) is 11.5. The number of nitrogens with zero attached hydrogens (tertiary/aromatic N) is 1. The monoisotopic (exact) mass is 266 g/mol. The van der Waals surface area contributed by atoms with Crippen LogP contribution in [0.3, 0.4) is 0 Å². The van der Waals surface area contributed by atoms with E-state index in [1.165, 1.54) is 48.2 Å². The molecule has 0 radical (unpaired) electrons. The van der Waals surface area contributed by atoms with E-state index in [4.69, 9.17) is 0 Å². The summed E-state index contributed by atoms with van der Waals surface area (Å²) in [4.78, 5) is 15.0. The van der Waals surface area contributed by atoms with Crippen LogP contribution in [0.5, 0.6) is 0 Å². The first kappa shape index (κ1) is 11.1. The molecule has 3 heterocycles. The highest BCUT2D eigenvalue weighted by Crippen LogP contribution is 2.51. The molecule has 6 rings (SSSR count). The van der Waals surface area contributed by atoms with E-state index in [0.717, 1.165) is 18.5 Å². The van der Waals surface area contributed by atoms with Crippen LogP contribution in [0.4, 0.5) is 0 Å². The third-order valence-electron chi connectivity index (χ3n) is 5.49. The van der Waals surface area contributed by atoms with E-state index in [0.29, 0.717) is 12.0 Å². The van der Waals surface area contributed by atoms with Crippen molar-refractivity contribution in [2.75, 3.05) is 19.6 Å². The number of amides is 1. The zero-order chi connectivity index (χ0) is 13.3. The molecule has 0 spiro atoms. The highest BCUT2D eigenvalue weighted by Gasteiger charge is 2.38. The lowest BCUT2D eigenvalue weighted by Gasteiger charge is -2.44. The van der Waals surface area contributed by atoms with Crippen LogP contribution in [0.15, 0.2) is 46.1 Å². The largest absolute Gasteiger partial charge is 0.348 e. The Morgan fingerprint density at radius 2 is 2.05 bits per heavy atom. The topological polar surface area (TPSA) is 32.3 Å². The maximum atomic E-state index is 12.6. The molecule has 0 aromatic heterocycles. The SMILES string of the molecule is O=C(N[C@@H]1CN2CCC1CC2)C1=C2C=C3CC3=C2C=C1. The van der Waals surface area contributed by atoms with E-state index in [1.807, 2.05) is 6.08 Å². The molecule has 102 valence electrons. The average molecular weight is 266 g/mol. The average Bonchev–Trinajstić information content (AvgIpc) is 2.95. The summed E-state index contributed by atoms with van der Waals surface area (Å²) in [5, 5.41) is 3.29. The van der Waals surface area contributed by atoms with Gasteiger partial charge in [-0.05, 0) is 72.7 Å². The Hall–Kier alpha value is -1.61. The third-order valence-corrected chi connectivity index (χ3v) is 5.49. The number of nitrogens with one attached hydrogen (secondary N) is 1. The van der Waals surface area contributed by atoms with Gasteiger partial charge >= 0.3 is 0 Å². The van der Waals surface area contributed by atoms with Gasteiger partial charge in [0.2, 0.25) is 0 Å². The Morgan fingerprint density at radius 1 is 1.20 bits per heavy atom. The van der Waals surface area contributed by atoms with Crippen molar-refractivity contribution in [3.63, 3.8) is 0 Å². The van der Waals surface area contributed by atoms with Crippen molar-refractivity contribution in [2.24, 2.45) is 5.92 Å². The lowest BCUT2D eigenvalue weighted by Crippen LogP contribution is -2.57. The van der Waals surface area contributed by atoms with Crippen molar-refractivity contribution in [1.82, 2.24) is 10.2 Å². The Labute approximate surface area is 118 Å². The number of piperidine rings is 3. The number of allylic oxidation sites excluding steroid dienone is 6. The van der Waals surface area contributed by atoms with Crippen LogP contribution in [-0.4, -0.2) is 36.5 Å². The van der Waals surface area contributed by atoms with Gasteiger partial charge in [-0.2, -0.15) is 0 Å². The molecule has 1 amide bonds. The molecule has 0 unspecified atom stereocenters. The number of hydrogen-bond acceptors (Lipinski definition) is 2. The number of fused-ring (bicyclic) bond motifs is 5. The van der Waals surface area contributed by atoms with Crippen LogP contribution in [0.25, 0.3) is 0 Å². The van der Waals surface area contributed by atoms with Crippen LogP contribution >= 0.6 is 0 Å². The van der Waals surface area contributed by atoms with Crippen molar-refractivity contribution in [3.8, 4) is 0 Å². The maximum absolute atomic E-state index is 12.6. The van der Waals surface area contributed by atoms with Crippen LogP contribution in [0.2, 0.25) is 0 Å². The summed E-state index contributed by atoms with van der Waals surface area (Å²) in [6.45, 7) is 3.47. The van der Waals surface area contributed by atoms with Crippen molar-refractivity contribution < 1.29 is 4.79 Å². The first-order valence-corrected chi connectivity index (χ1v) is 7.69. The quantitative estimate of drug-likeness (QED) is 0.825. The predicted molar refractivity (Wildman–Crippen MR) is 77.0 cm³/mol. The van der Waals surface area contributed by atoms with Gasteiger partial charge in [0.25, 0.3) is 5.91 Å². The molecule has 3 nitrogen and oxygen atoms in total. The highest BCUT2D eigenvalue weighted by atomic mass is 16.1. The second-order valence-electron chi connectivity index (χ2n) is 6.62. The van der Waals surface area contributed by atoms with Crippen molar-refractivity contribution in [1.29, 1.82) is 0 Å². The Kier molecular flexibility index (Phi) is 2.07. The Balaban J connectivity index is 1.37. The fourth-order valence-electron chi connectivity index (χ4n) is 4.21. The summed E-state index contributed by atoms with van der Waals surface area (Å²) in [5.74, 6) is 0.817. The summed E-state index contributed by atoms with van der Waals surface area (Å²) >= 11 is 0. The molecule has 0 aromatic rings. The Morgan fingerprint density at radius 3 is 2.80 bits per heavy atom. The third kappa shape index (κ3) is 1.47. The smallest absolute Gasteiger partial charge is 0.252 e. The molecular formula is C17H18N2O. The van der Waals surface area contributed by atoms with Gasteiger partial charge < -0.3 is 10.2 Å². The number of hydrogen-bond donors (Lipinski definition) is 1. The summed E-state index contributed by atoms with van der Waals surface area (Å²) in [7, 11) is 0. The molecule has 3 heteroatoms. The Bertz CT molecular complexity index is 642. The second-order valence-corrected chi connectivity index (χ2v) is 6.62. The molecule has 6 aliphatic rings. The molecule has 4 fully saturated rings. The molecule has 2 bridgehead atoms. The van der Waals surface area contributed by atoms with Gasteiger partial charge in [-0.1, -0.05) is 6.08 Å². The van der Waals surface area contributed by atoms with Gasteiger partial charge in [0.1, 0.15) is 0 Å². The summed E-state index contributed by atoms with van der Waals surface area (Å²) in [5.41, 5.74) is 6.25. The van der Waals surface area contributed by atoms with E-state index >= 15 is 0 Å². The molecule has 3 saturated heterocycles. The highest BCUT2D eigenvalue weighted by molar-refractivity contribution is 6.02. The van der Waals surface area contributed by atoms with E-state index in [1.54, 1.807) is 0 Å². The molecule has 0 aromatic carbocycles. The van der Waals surface area contributed by atoms with Crippen LogP contribution in [0, 0.1) is 5.92 Å². The van der Waals surface area contributed by atoms with Gasteiger partial charge in [-0.25, -0.2) is 0 Å². The van der Waals surface area contributed by atoms with Gasteiger partial charge in [-0.3, -0.25) is 4.79 Å². The van der Waals surface area contributed by atoms with Crippen molar-refractivity contribution in [2.45, 2.75) is 25.3 Å². The van der Waals surface area contributed by atoms with E-state index in [2.05, 4.69) is 22.4 Å². The minimum Gasteiger partial charge on any atom is -0.348 e. The summed E-state index contributed by atoms with van der Waals surface area (Å²) < 4.78 is 0. The minimum atomic E-state index is 0.128. The van der Waals surface area contributed by atoms with Crippen LogP contribution in [0.1, 0.15) is 19.3 Å². The van der Waals surface area contributed by atoms with E-state index in [-0.39, 0.29) is 5.91 Å². The van der Waals surface area contributed by atoms with Gasteiger partial charge in [0.15, 0.2) is 0 Å². The van der Waals surface area contributed by atoms with Crippen molar-refractivity contribution in [3.05, 3.63) is 46.1 Å². The number of rotatable bonds is 2. The van der Waals surface area contributed by atoms with E-state index < -0.39 is 0 Å². The standard InChI is InChI=1S/C17H18N2O/c20-17(18-16-9-19-5-3-10(16)4-6-19)13-2-1-12-14-7-11(14)8-15(12)13/h1-2,8,10,16H,3-7,9H2,(H,18,20)/t16-/m1/s1. The molecule has 1 saturated carbocycles. The second kappa shape index (κ2) is 3.73. The molecular weight excluding hydrogens is 248 g/mol. The first-order chi connectivity index (χ1) is 9.79. The van der Waals surface area contributed by atoms with Gasteiger partial charge in [-0.15, -0.1) is 0 Å². The fraction of sp³-hybridized carbons (Fsp3) is 0.471. The van der Waals surface area contributed by atoms with Crippen LogP contribution < -0.4 is 5.32 Å². The predicted octanol–water partition coefficient (Wildman–Crippen LogP) is 1.70. The number of carbonyl (C=O) groups is 1. The zero-order valence-corrected chi connectivity index (χ0v) is 11.5. The lowest BCUT2D eigenvalue weighted by molar-refractivity contribution is -0.119. The maximum Gasteiger partial charge on any atom is 0.252 e. The normalized spacial score (nSPS) is 36.2. The molecule has 3 aliphatic carbocycles. The summed E-state index contributed by atoms with van der Waals surface area (Å²) in [6.07, 6.45) is 9.94. The van der Waals surface area contributed by atoms with Crippen molar-refractivity contribution >= 4 is 5.91 Å². The van der Waals surface area contributed by atoms with Gasteiger partial charge in [0.05, 0.1) is 0 Å².